The molecule has 0 aliphatic carbocycles. The average molecular weight is 271 g/mol. The normalized spacial score (nSPS) is 18.3. The van der Waals surface area contributed by atoms with Crippen LogP contribution in [-0.2, 0) is 9.47 Å². The fourth-order valence-electron chi connectivity index (χ4n) is 2.72. The first-order valence-electron chi connectivity index (χ1n) is 8.14. The van der Waals surface area contributed by atoms with Crippen molar-refractivity contribution < 1.29 is 9.47 Å². The fraction of sp³-hybridized carbons (Fsp3) is 1.00. The molecule has 1 aliphatic heterocycles. The molecule has 3 heteroatoms. The van der Waals surface area contributed by atoms with E-state index in [0.29, 0.717) is 6.10 Å². The molecule has 114 valence electrons. The van der Waals surface area contributed by atoms with Gasteiger partial charge in [0, 0.05) is 26.4 Å². The van der Waals surface area contributed by atoms with Crippen LogP contribution in [0.1, 0.15) is 52.9 Å². The van der Waals surface area contributed by atoms with Crippen LogP contribution in [0.3, 0.4) is 0 Å². The van der Waals surface area contributed by atoms with Gasteiger partial charge < -0.3 is 14.4 Å². The third-order valence-corrected chi connectivity index (χ3v) is 3.88. The van der Waals surface area contributed by atoms with Crippen molar-refractivity contribution in [3.8, 4) is 0 Å². The van der Waals surface area contributed by atoms with E-state index >= 15 is 0 Å². The lowest BCUT2D eigenvalue weighted by Gasteiger charge is -2.32. The van der Waals surface area contributed by atoms with Gasteiger partial charge in [0.25, 0.3) is 0 Å². The van der Waals surface area contributed by atoms with Crippen LogP contribution in [0, 0.1) is 5.92 Å². The van der Waals surface area contributed by atoms with Gasteiger partial charge in [-0.05, 0) is 71.9 Å². The first kappa shape index (κ1) is 16.9. The van der Waals surface area contributed by atoms with Crippen molar-refractivity contribution in [2.75, 3.05) is 39.5 Å². The van der Waals surface area contributed by atoms with Gasteiger partial charge in [-0.1, -0.05) is 0 Å². The number of ether oxygens (including phenoxy) is 2. The van der Waals surface area contributed by atoms with Crippen LogP contribution in [0.2, 0.25) is 0 Å². The summed E-state index contributed by atoms with van der Waals surface area (Å²) in [5, 5.41) is 0. The highest BCUT2D eigenvalue weighted by Gasteiger charge is 2.18. The van der Waals surface area contributed by atoms with E-state index < -0.39 is 0 Å². The molecule has 0 amide bonds. The van der Waals surface area contributed by atoms with E-state index in [-0.39, 0.29) is 0 Å². The average Bonchev–Trinajstić information content (AvgIpc) is 2.41. The molecule has 0 aromatic rings. The summed E-state index contributed by atoms with van der Waals surface area (Å²) in [5.41, 5.74) is 0. The second kappa shape index (κ2) is 10.6. The molecule has 0 radical (unpaired) electrons. The minimum atomic E-state index is 0.382. The van der Waals surface area contributed by atoms with Crippen LogP contribution in [0.5, 0.6) is 0 Å². The van der Waals surface area contributed by atoms with Crippen LogP contribution >= 0.6 is 0 Å². The molecule has 0 atom stereocenters. The van der Waals surface area contributed by atoms with Gasteiger partial charge in [0.2, 0.25) is 0 Å². The molecule has 0 N–H and O–H groups in total. The third-order valence-electron chi connectivity index (χ3n) is 3.88. The summed E-state index contributed by atoms with van der Waals surface area (Å²) in [6, 6.07) is 0. The van der Waals surface area contributed by atoms with E-state index in [4.69, 9.17) is 9.47 Å². The molecule has 0 saturated carbocycles. The first-order chi connectivity index (χ1) is 9.22. The maximum atomic E-state index is 5.61. The summed E-state index contributed by atoms with van der Waals surface area (Å²) in [6.45, 7) is 12.8. The Morgan fingerprint density at radius 3 is 2.47 bits per heavy atom. The molecule has 19 heavy (non-hydrogen) atoms. The summed E-state index contributed by atoms with van der Waals surface area (Å²) in [6.07, 6.45) is 6.88. The van der Waals surface area contributed by atoms with Crippen LogP contribution in [-0.4, -0.2) is 50.5 Å². The molecule has 1 fully saturated rings. The largest absolute Gasteiger partial charge is 0.382 e. The Labute approximate surface area is 119 Å². The van der Waals surface area contributed by atoms with Crippen molar-refractivity contribution in [2.24, 2.45) is 5.92 Å². The monoisotopic (exact) mass is 271 g/mol. The number of hydrogen-bond acceptors (Lipinski definition) is 3. The lowest BCUT2D eigenvalue weighted by Crippen LogP contribution is -2.34. The predicted molar refractivity (Wildman–Crippen MR) is 80.6 cm³/mol. The van der Waals surface area contributed by atoms with E-state index in [1.807, 2.05) is 0 Å². The van der Waals surface area contributed by atoms with Crippen molar-refractivity contribution >= 4 is 0 Å². The first-order valence-corrected chi connectivity index (χ1v) is 8.14. The number of nitrogens with zero attached hydrogens (tertiary/aromatic N) is 1. The van der Waals surface area contributed by atoms with E-state index in [9.17, 15) is 0 Å². The van der Waals surface area contributed by atoms with Crippen molar-refractivity contribution in [1.82, 2.24) is 4.90 Å². The topological polar surface area (TPSA) is 21.7 Å². The zero-order valence-electron chi connectivity index (χ0n) is 13.2. The second-order valence-corrected chi connectivity index (χ2v) is 5.90. The molecular formula is C16H33NO2. The SMILES string of the molecule is CCOCCCN1CCC(CCCOC(C)C)CC1. The van der Waals surface area contributed by atoms with Crippen LogP contribution in [0.25, 0.3) is 0 Å². The van der Waals surface area contributed by atoms with Gasteiger partial charge in [-0.2, -0.15) is 0 Å². The molecule has 0 spiro atoms. The van der Waals surface area contributed by atoms with Crippen molar-refractivity contribution in [1.29, 1.82) is 0 Å². The van der Waals surface area contributed by atoms with Crippen LogP contribution in [0.15, 0.2) is 0 Å². The maximum Gasteiger partial charge on any atom is 0.0518 e. The number of piperidine rings is 1. The molecule has 0 unspecified atom stereocenters. The molecule has 1 saturated heterocycles. The zero-order chi connectivity index (χ0) is 13.9. The minimum absolute atomic E-state index is 0.382. The smallest absolute Gasteiger partial charge is 0.0518 e. The van der Waals surface area contributed by atoms with E-state index in [1.54, 1.807) is 0 Å². The molecule has 1 heterocycles. The predicted octanol–water partition coefficient (Wildman–Crippen LogP) is 3.33. The van der Waals surface area contributed by atoms with Crippen molar-refractivity contribution in [3.63, 3.8) is 0 Å². The fourth-order valence-corrected chi connectivity index (χ4v) is 2.72. The van der Waals surface area contributed by atoms with Crippen LogP contribution in [0.4, 0.5) is 0 Å². The molecular weight excluding hydrogens is 238 g/mol. The van der Waals surface area contributed by atoms with Gasteiger partial charge in [0.15, 0.2) is 0 Å². The Hall–Kier alpha value is -0.120. The van der Waals surface area contributed by atoms with E-state index in [2.05, 4.69) is 25.7 Å². The van der Waals surface area contributed by atoms with Crippen molar-refractivity contribution in [2.45, 2.75) is 59.0 Å². The molecule has 0 aromatic heterocycles. The lowest BCUT2D eigenvalue weighted by molar-refractivity contribution is 0.0698. The standard InChI is InChI=1S/C16H33NO2/c1-4-18-13-6-10-17-11-8-16(9-12-17)7-5-14-19-15(2)3/h15-16H,4-14H2,1-3H3. The summed E-state index contributed by atoms with van der Waals surface area (Å²) in [5.74, 6) is 0.930. The quantitative estimate of drug-likeness (QED) is 0.569. The molecule has 0 bridgehead atoms. The summed E-state index contributed by atoms with van der Waals surface area (Å²) >= 11 is 0. The summed E-state index contributed by atoms with van der Waals surface area (Å²) in [7, 11) is 0. The van der Waals surface area contributed by atoms with Gasteiger partial charge in [-0.15, -0.1) is 0 Å². The van der Waals surface area contributed by atoms with Gasteiger partial charge >= 0.3 is 0 Å². The molecule has 0 aromatic carbocycles. The Balaban J connectivity index is 1.96. The van der Waals surface area contributed by atoms with Crippen molar-refractivity contribution in [3.05, 3.63) is 0 Å². The van der Waals surface area contributed by atoms with Gasteiger partial charge in [0.05, 0.1) is 6.10 Å². The third kappa shape index (κ3) is 8.61. The molecule has 1 rings (SSSR count). The maximum absolute atomic E-state index is 5.61. The summed E-state index contributed by atoms with van der Waals surface area (Å²) in [4.78, 5) is 2.60. The highest BCUT2D eigenvalue weighted by atomic mass is 16.5. The second-order valence-electron chi connectivity index (χ2n) is 5.90. The van der Waals surface area contributed by atoms with E-state index in [0.717, 1.165) is 25.7 Å². The highest BCUT2D eigenvalue weighted by molar-refractivity contribution is 4.72. The number of hydrogen-bond donors (Lipinski definition) is 0. The Morgan fingerprint density at radius 2 is 1.84 bits per heavy atom. The number of likely N-dealkylation sites (tertiary alicyclic amines) is 1. The lowest BCUT2D eigenvalue weighted by atomic mass is 9.92. The Bertz CT molecular complexity index is 201. The summed E-state index contributed by atoms with van der Waals surface area (Å²) < 4.78 is 11.0. The Kier molecular flexibility index (Phi) is 9.48. The number of rotatable bonds is 10. The van der Waals surface area contributed by atoms with Crippen LogP contribution < -0.4 is 0 Å². The molecule has 3 nitrogen and oxygen atoms in total. The minimum Gasteiger partial charge on any atom is -0.382 e. The van der Waals surface area contributed by atoms with Gasteiger partial charge in [-0.25, -0.2) is 0 Å². The molecule has 1 aliphatic rings. The van der Waals surface area contributed by atoms with Gasteiger partial charge in [-0.3, -0.25) is 0 Å². The highest BCUT2D eigenvalue weighted by Crippen LogP contribution is 2.22. The van der Waals surface area contributed by atoms with Gasteiger partial charge in [0.1, 0.15) is 0 Å². The zero-order valence-corrected chi connectivity index (χ0v) is 13.2. The Morgan fingerprint density at radius 1 is 1.11 bits per heavy atom. The van der Waals surface area contributed by atoms with E-state index in [1.165, 1.54) is 51.7 Å².